The van der Waals surface area contributed by atoms with Gasteiger partial charge in [0.2, 0.25) is 0 Å². The number of aliphatic hydroxyl groups excluding tert-OH is 1. The minimum absolute atomic E-state index is 0.222. The Bertz CT molecular complexity index is 742. The molecule has 4 nitrogen and oxygen atoms in total. The average Bonchev–Trinajstić information content (AvgIpc) is 2.67. The van der Waals surface area contributed by atoms with Crippen LogP contribution in [-0.2, 0) is 12.1 Å². The van der Waals surface area contributed by atoms with Crippen LogP contribution in [-0.4, -0.2) is 27.6 Å². The summed E-state index contributed by atoms with van der Waals surface area (Å²) in [6.07, 6.45) is -0.529. The zero-order chi connectivity index (χ0) is 14.6. The van der Waals surface area contributed by atoms with Crippen molar-refractivity contribution in [1.82, 2.24) is 4.90 Å². The van der Waals surface area contributed by atoms with Gasteiger partial charge in [0.05, 0.1) is 0 Å². The summed E-state index contributed by atoms with van der Waals surface area (Å²) in [5, 5.41) is 22.0. The van der Waals surface area contributed by atoms with Crippen molar-refractivity contribution in [1.29, 1.82) is 0 Å². The first-order valence-corrected chi connectivity index (χ1v) is 7.03. The van der Waals surface area contributed by atoms with E-state index in [9.17, 15) is 15.0 Å². The number of benzene rings is 2. The van der Waals surface area contributed by atoms with Gasteiger partial charge in [0.1, 0.15) is 6.10 Å². The van der Waals surface area contributed by atoms with Crippen LogP contribution in [0.3, 0.4) is 0 Å². The number of carbonyl (C=O) groups excluding carboxylic acids is 1. The van der Waals surface area contributed by atoms with Gasteiger partial charge in [0, 0.05) is 17.7 Å². The molecule has 4 heteroatoms. The lowest BCUT2D eigenvalue weighted by molar-refractivity contribution is -0.161. The Labute approximate surface area is 122 Å². The van der Waals surface area contributed by atoms with E-state index in [1.165, 1.54) is 4.90 Å². The molecule has 2 aliphatic rings. The molecule has 0 saturated carbocycles. The number of carbonyl (C=O) groups is 1. The molecule has 1 amide bonds. The van der Waals surface area contributed by atoms with Crippen LogP contribution in [0, 0.1) is 0 Å². The van der Waals surface area contributed by atoms with Crippen molar-refractivity contribution in [3.8, 4) is 0 Å². The molecular weight excluding hydrogens is 266 g/mol. The van der Waals surface area contributed by atoms with Gasteiger partial charge in [-0.05, 0) is 23.6 Å². The van der Waals surface area contributed by atoms with E-state index in [1.54, 1.807) is 24.3 Å². The predicted octanol–water partition coefficient (Wildman–Crippen LogP) is 1.58. The fourth-order valence-electron chi connectivity index (χ4n) is 3.48. The molecule has 2 atom stereocenters. The number of fused-ring (bicyclic) bond motifs is 4. The fraction of sp³-hybridized carbons (Fsp3) is 0.235. The molecule has 2 unspecified atom stereocenters. The zero-order valence-electron chi connectivity index (χ0n) is 11.4. The van der Waals surface area contributed by atoms with Gasteiger partial charge in [-0.25, -0.2) is 0 Å². The molecule has 0 aromatic heterocycles. The Kier molecular flexibility index (Phi) is 2.49. The molecule has 2 heterocycles. The van der Waals surface area contributed by atoms with E-state index in [0.29, 0.717) is 29.7 Å². The minimum Gasteiger partial charge on any atom is -0.383 e. The molecule has 0 spiro atoms. The molecule has 2 aromatic carbocycles. The normalized spacial score (nSPS) is 26.9. The second-order valence-corrected chi connectivity index (χ2v) is 5.58. The van der Waals surface area contributed by atoms with E-state index >= 15 is 0 Å². The Morgan fingerprint density at radius 2 is 1.81 bits per heavy atom. The molecule has 2 aliphatic heterocycles. The first-order chi connectivity index (χ1) is 10.1. The lowest BCUT2D eigenvalue weighted by atomic mass is 9.90. The van der Waals surface area contributed by atoms with E-state index in [0.717, 1.165) is 5.56 Å². The van der Waals surface area contributed by atoms with Crippen molar-refractivity contribution in [2.75, 3.05) is 6.54 Å². The second kappa shape index (κ2) is 4.16. The highest BCUT2D eigenvalue weighted by atomic mass is 16.4. The maximum absolute atomic E-state index is 12.5. The number of nitrogens with zero attached hydrogens (tertiary/aromatic N) is 1. The Hall–Kier alpha value is -2.17. The van der Waals surface area contributed by atoms with Gasteiger partial charge in [0.15, 0.2) is 5.72 Å². The van der Waals surface area contributed by atoms with Crippen LogP contribution in [0.2, 0.25) is 0 Å². The van der Waals surface area contributed by atoms with Gasteiger partial charge < -0.3 is 15.1 Å². The second-order valence-electron chi connectivity index (χ2n) is 5.58. The Morgan fingerprint density at radius 3 is 2.67 bits per heavy atom. The van der Waals surface area contributed by atoms with Crippen LogP contribution >= 0.6 is 0 Å². The molecule has 0 bridgehead atoms. The number of aliphatic hydroxyl groups is 2. The van der Waals surface area contributed by atoms with Crippen molar-refractivity contribution < 1.29 is 15.0 Å². The average molecular weight is 281 g/mol. The van der Waals surface area contributed by atoms with Crippen LogP contribution in [0.5, 0.6) is 0 Å². The van der Waals surface area contributed by atoms with E-state index in [1.807, 2.05) is 24.3 Å². The van der Waals surface area contributed by atoms with Gasteiger partial charge >= 0.3 is 0 Å². The maximum Gasteiger partial charge on any atom is 0.256 e. The first kappa shape index (κ1) is 12.6. The molecular formula is C17H15NO3. The van der Waals surface area contributed by atoms with Crippen molar-refractivity contribution in [2.45, 2.75) is 18.2 Å². The van der Waals surface area contributed by atoms with Crippen LogP contribution < -0.4 is 0 Å². The highest BCUT2D eigenvalue weighted by molar-refractivity contribution is 6.00. The van der Waals surface area contributed by atoms with Gasteiger partial charge in [-0.15, -0.1) is 0 Å². The summed E-state index contributed by atoms with van der Waals surface area (Å²) >= 11 is 0. The number of hydrogen-bond acceptors (Lipinski definition) is 3. The zero-order valence-corrected chi connectivity index (χ0v) is 11.4. The van der Waals surface area contributed by atoms with Crippen LogP contribution in [0.25, 0.3) is 0 Å². The molecule has 2 N–H and O–H groups in total. The van der Waals surface area contributed by atoms with Crippen molar-refractivity contribution in [3.63, 3.8) is 0 Å². The molecule has 106 valence electrons. The predicted molar refractivity (Wildman–Crippen MR) is 76.5 cm³/mol. The van der Waals surface area contributed by atoms with Crippen LogP contribution in [0.1, 0.15) is 33.2 Å². The number of rotatable bonds is 0. The molecule has 0 fully saturated rings. The lowest BCUT2D eigenvalue weighted by Gasteiger charge is -2.36. The fourth-order valence-corrected chi connectivity index (χ4v) is 3.48. The Balaban J connectivity index is 1.97. The smallest absolute Gasteiger partial charge is 0.256 e. The van der Waals surface area contributed by atoms with E-state index in [4.69, 9.17) is 0 Å². The monoisotopic (exact) mass is 281 g/mol. The summed E-state index contributed by atoms with van der Waals surface area (Å²) in [7, 11) is 0. The lowest BCUT2D eigenvalue weighted by Crippen LogP contribution is -2.47. The third kappa shape index (κ3) is 1.49. The SMILES string of the molecule is O=C1c2ccccc2C2(O)C(O)c3ccccc3CCN12. The van der Waals surface area contributed by atoms with Crippen molar-refractivity contribution in [3.05, 3.63) is 70.8 Å². The third-order valence-corrected chi connectivity index (χ3v) is 4.55. The summed E-state index contributed by atoms with van der Waals surface area (Å²) in [4.78, 5) is 13.9. The van der Waals surface area contributed by atoms with Gasteiger partial charge in [-0.2, -0.15) is 0 Å². The number of hydrogen-bond donors (Lipinski definition) is 2. The quantitative estimate of drug-likeness (QED) is 0.770. The topological polar surface area (TPSA) is 60.8 Å². The maximum atomic E-state index is 12.5. The summed E-state index contributed by atoms with van der Waals surface area (Å²) in [5.41, 5.74) is 0.933. The molecule has 2 aromatic rings. The summed E-state index contributed by atoms with van der Waals surface area (Å²) in [6, 6.07) is 14.4. The molecule has 0 aliphatic carbocycles. The van der Waals surface area contributed by atoms with Crippen molar-refractivity contribution >= 4 is 5.91 Å². The molecule has 0 saturated heterocycles. The summed E-state index contributed by atoms with van der Waals surface area (Å²) < 4.78 is 0. The molecule has 0 radical (unpaired) electrons. The van der Waals surface area contributed by atoms with Gasteiger partial charge in [0.25, 0.3) is 5.91 Å². The largest absolute Gasteiger partial charge is 0.383 e. The van der Waals surface area contributed by atoms with Gasteiger partial charge in [-0.3, -0.25) is 4.79 Å². The molecule has 4 rings (SSSR count). The summed E-state index contributed by atoms with van der Waals surface area (Å²) in [6.45, 7) is 0.387. The highest BCUT2D eigenvalue weighted by Crippen LogP contribution is 2.47. The van der Waals surface area contributed by atoms with Crippen LogP contribution in [0.4, 0.5) is 0 Å². The van der Waals surface area contributed by atoms with E-state index in [-0.39, 0.29) is 5.91 Å². The van der Waals surface area contributed by atoms with E-state index in [2.05, 4.69) is 0 Å². The molecule has 21 heavy (non-hydrogen) atoms. The third-order valence-electron chi connectivity index (χ3n) is 4.55. The summed E-state index contributed by atoms with van der Waals surface area (Å²) in [5.74, 6) is -0.222. The highest BCUT2D eigenvalue weighted by Gasteiger charge is 2.54. The first-order valence-electron chi connectivity index (χ1n) is 7.03. The minimum atomic E-state index is -1.68. The van der Waals surface area contributed by atoms with Crippen molar-refractivity contribution in [2.24, 2.45) is 0 Å². The van der Waals surface area contributed by atoms with E-state index < -0.39 is 11.8 Å². The Morgan fingerprint density at radius 1 is 1.10 bits per heavy atom. The number of amides is 1. The van der Waals surface area contributed by atoms with Crippen LogP contribution in [0.15, 0.2) is 48.5 Å². The standard InChI is InChI=1S/C17H15NO3/c19-15-12-6-2-1-5-11(12)9-10-18-16(20)13-7-3-4-8-14(13)17(15,18)21/h1-8,15,19,21H,9-10H2. The van der Waals surface area contributed by atoms with Gasteiger partial charge in [-0.1, -0.05) is 42.5 Å².